The standard InChI is InChI=1S/C24H24BrFN2O4/c25-18-6-2-17(3-7-18)22(29)20-21(16-4-8-19(26)9-5-16)28(24(31)23(20)30)11-1-10-27-12-14-32-15-13-27/h2-9,21,29H,1,10-15H2/t21-/m0/s1. The lowest BCUT2D eigenvalue weighted by Crippen LogP contribution is -2.38. The van der Waals surface area contributed by atoms with Crippen LogP contribution in [0.25, 0.3) is 5.76 Å². The Labute approximate surface area is 194 Å². The highest BCUT2D eigenvalue weighted by Gasteiger charge is 2.45. The fourth-order valence-corrected chi connectivity index (χ4v) is 4.42. The Hall–Kier alpha value is -2.55. The molecule has 0 spiro atoms. The summed E-state index contributed by atoms with van der Waals surface area (Å²) in [6, 6.07) is 11.8. The van der Waals surface area contributed by atoms with Crippen molar-refractivity contribution in [1.29, 1.82) is 0 Å². The molecule has 2 aliphatic heterocycles. The van der Waals surface area contributed by atoms with E-state index in [0.717, 1.165) is 24.1 Å². The van der Waals surface area contributed by atoms with Gasteiger partial charge in [-0.2, -0.15) is 0 Å². The number of aliphatic hydroxyl groups is 1. The summed E-state index contributed by atoms with van der Waals surface area (Å²) >= 11 is 3.35. The number of ether oxygens (including phenoxy) is 1. The average molecular weight is 503 g/mol. The minimum absolute atomic E-state index is 0.0234. The fraction of sp³-hybridized carbons (Fsp3) is 0.333. The zero-order valence-corrected chi connectivity index (χ0v) is 19.1. The Morgan fingerprint density at radius 3 is 2.34 bits per heavy atom. The molecule has 2 aromatic carbocycles. The van der Waals surface area contributed by atoms with E-state index in [1.807, 2.05) is 0 Å². The molecule has 2 saturated heterocycles. The fourth-order valence-electron chi connectivity index (χ4n) is 4.15. The molecule has 32 heavy (non-hydrogen) atoms. The third kappa shape index (κ3) is 4.77. The van der Waals surface area contributed by atoms with Crippen molar-refractivity contribution in [2.45, 2.75) is 12.5 Å². The SMILES string of the molecule is O=C1C(=O)N(CCCN2CCOCC2)[C@@H](c2ccc(F)cc2)C1=C(O)c1ccc(Br)cc1. The highest BCUT2D eigenvalue weighted by molar-refractivity contribution is 9.10. The molecule has 2 aliphatic rings. The molecule has 0 aromatic heterocycles. The third-order valence-corrected chi connectivity index (χ3v) is 6.35. The molecule has 8 heteroatoms. The highest BCUT2D eigenvalue weighted by atomic mass is 79.9. The minimum atomic E-state index is -0.774. The lowest BCUT2D eigenvalue weighted by molar-refractivity contribution is -0.140. The molecule has 1 atom stereocenters. The lowest BCUT2D eigenvalue weighted by atomic mass is 9.95. The summed E-state index contributed by atoms with van der Waals surface area (Å²) in [5.74, 6) is -2.03. The quantitative estimate of drug-likeness (QED) is 0.370. The Morgan fingerprint density at radius 2 is 1.69 bits per heavy atom. The third-order valence-electron chi connectivity index (χ3n) is 5.82. The Morgan fingerprint density at radius 1 is 1.03 bits per heavy atom. The van der Waals surface area contributed by atoms with Gasteiger partial charge in [-0.15, -0.1) is 0 Å². The van der Waals surface area contributed by atoms with Gasteiger partial charge in [-0.25, -0.2) is 4.39 Å². The molecule has 168 valence electrons. The van der Waals surface area contributed by atoms with Crippen LogP contribution in [0.4, 0.5) is 4.39 Å². The van der Waals surface area contributed by atoms with Crippen molar-refractivity contribution in [1.82, 2.24) is 9.80 Å². The highest BCUT2D eigenvalue weighted by Crippen LogP contribution is 2.39. The van der Waals surface area contributed by atoms with Crippen LogP contribution in [0.2, 0.25) is 0 Å². The molecule has 0 bridgehead atoms. The molecule has 1 amide bonds. The lowest BCUT2D eigenvalue weighted by Gasteiger charge is -2.29. The molecule has 2 aromatic rings. The topological polar surface area (TPSA) is 70.1 Å². The number of Topliss-reactive ketones (excluding diaryl/α,β-unsaturated/α-hetero) is 1. The largest absolute Gasteiger partial charge is 0.507 e. The zero-order chi connectivity index (χ0) is 22.7. The van der Waals surface area contributed by atoms with Crippen LogP contribution < -0.4 is 0 Å². The van der Waals surface area contributed by atoms with Gasteiger partial charge in [0.2, 0.25) is 0 Å². The number of amides is 1. The molecule has 0 unspecified atom stereocenters. The van der Waals surface area contributed by atoms with E-state index < -0.39 is 23.5 Å². The number of likely N-dealkylation sites (tertiary alicyclic amines) is 1. The van der Waals surface area contributed by atoms with Crippen LogP contribution in [-0.4, -0.2) is 66.0 Å². The minimum Gasteiger partial charge on any atom is -0.507 e. The van der Waals surface area contributed by atoms with Gasteiger partial charge in [0.15, 0.2) is 0 Å². The number of hydrogen-bond donors (Lipinski definition) is 1. The number of aliphatic hydroxyl groups excluding tert-OH is 1. The summed E-state index contributed by atoms with van der Waals surface area (Å²) in [5, 5.41) is 11.0. The maximum Gasteiger partial charge on any atom is 0.295 e. The van der Waals surface area contributed by atoms with Crippen LogP contribution in [-0.2, 0) is 14.3 Å². The van der Waals surface area contributed by atoms with Gasteiger partial charge in [0.25, 0.3) is 11.7 Å². The predicted molar refractivity (Wildman–Crippen MR) is 121 cm³/mol. The second kappa shape index (κ2) is 9.94. The van der Waals surface area contributed by atoms with E-state index in [1.165, 1.54) is 17.0 Å². The summed E-state index contributed by atoms with van der Waals surface area (Å²) in [5.41, 5.74) is 1.04. The van der Waals surface area contributed by atoms with Crippen molar-refractivity contribution in [2.75, 3.05) is 39.4 Å². The first kappa shape index (κ1) is 22.6. The summed E-state index contributed by atoms with van der Waals surface area (Å²) in [6.45, 7) is 4.17. The maximum atomic E-state index is 13.6. The van der Waals surface area contributed by atoms with Gasteiger partial charge in [0.1, 0.15) is 11.6 Å². The smallest absolute Gasteiger partial charge is 0.295 e. The van der Waals surface area contributed by atoms with Gasteiger partial charge >= 0.3 is 0 Å². The van der Waals surface area contributed by atoms with Crippen LogP contribution in [0.1, 0.15) is 23.6 Å². The van der Waals surface area contributed by atoms with Gasteiger partial charge in [-0.3, -0.25) is 14.5 Å². The number of carbonyl (C=O) groups excluding carboxylic acids is 2. The maximum absolute atomic E-state index is 13.6. The van der Waals surface area contributed by atoms with Crippen LogP contribution in [0, 0.1) is 5.82 Å². The second-order valence-corrected chi connectivity index (χ2v) is 8.77. The Bertz CT molecular complexity index is 1020. The molecule has 6 nitrogen and oxygen atoms in total. The van der Waals surface area contributed by atoms with Crippen LogP contribution in [0.5, 0.6) is 0 Å². The number of halogens is 2. The zero-order valence-electron chi connectivity index (χ0n) is 17.5. The molecular formula is C24H24BrFN2O4. The van der Waals surface area contributed by atoms with Crippen molar-refractivity contribution < 1.29 is 23.8 Å². The summed E-state index contributed by atoms with van der Waals surface area (Å²) < 4.78 is 19.8. The molecule has 0 radical (unpaired) electrons. The molecule has 0 saturated carbocycles. The number of nitrogens with zero attached hydrogens (tertiary/aromatic N) is 2. The molecule has 2 heterocycles. The van der Waals surface area contributed by atoms with Crippen LogP contribution in [0.3, 0.4) is 0 Å². The van der Waals surface area contributed by atoms with Crippen molar-refractivity contribution in [2.24, 2.45) is 0 Å². The van der Waals surface area contributed by atoms with E-state index in [-0.39, 0.29) is 11.3 Å². The first-order valence-electron chi connectivity index (χ1n) is 10.6. The number of ketones is 1. The molecule has 0 aliphatic carbocycles. The van der Waals surface area contributed by atoms with Crippen LogP contribution >= 0.6 is 15.9 Å². The van der Waals surface area contributed by atoms with Crippen molar-refractivity contribution in [3.63, 3.8) is 0 Å². The summed E-state index contributed by atoms with van der Waals surface area (Å²) in [6.07, 6.45) is 0.670. The number of carbonyl (C=O) groups is 2. The molecular weight excluding hydrogens is 479 g/mol. The first-order chi connectivity index (χ1) is 15.5. The Kier molecular flexibility index (Phi) is 7.03. The molecule has 2 fully saturated rings. The number of hydrogen-bond acceptors (Lipinski definition) is 5. The normalized spacial score (nSPS) is 21.3. The summed E-state index contributed by atoms with van der Waals surface area (Å²) in [4.78, 5) is 29.7. The van der Waals surface area contributed by atoms with Gasteiger partial charge in [-0.05, 0) is 36.2 Å². The number of benzene rings is 2. The van der Waals surface area contributed by atoms with Crippen LogP contribution in [0.15, 0.2) is 58.6 Å². The monoisotopic (exact) mass is 502 g/mol. The van der Waals surface area contributed by atoms with E-state index in [2.05, 4.69) is 20.8 Å². The van der Waals surface area contributed by atoms with Crippen molar-refractivity contribution in [3.8, 4) is 0 Å². The number of rotatable bonds is 6. The molecule has 4 rings (SSSR count). The predicted octanol–water partition coefficient (Wildman–Crippen LogP) is 3.73. The first-order valence-corrected chi connectivity index (χ1v) is 11.3. The van der Waals surface area contributed by atoms with E-state index >= 15 is 0 Å². The number of morpholine rings is 1. The molecule has 1 N–H and O–H groups in total. The Balaban J connectivity index is 1.66. The van der Waals surface area contributed by atoms with Gasteiger partial charge in [0, 0.05) is 36.2 Å². The summed E-state index contributed by atoms with van der Waals surface area (Å²) in [7, 11) is 0. The van der Waals surface area contributed by atoms with Crippen molar-refractivity contribution >= 4 is 33.4 Å². The van der Waals surface area contributed by atoms with E-state index in [1.54, 1.807) is 36.4 Å². The van der Waals surface area contributed by atoms with Gasteiger partial charge in [-0.1, -0.05) is 40.2 Å². The second-order valence-electron chi connectivity index (χ2n) is 7.86. The van der Waals surface area contributed by atoms with Crippen molar-refractivity contribution in [3.05, 3.63) is 75.5 Å². The average Bonchev–Trinajstić information content (AvgIpc) is 3.05. The van der Waals surface area contributed by atoms with Gasteiger partial charge in [0.05, 0.1) is 24.8 Å². The van der Waals surface area contributed by atoms with Gasteiger partial charge < -0.3 is 14.7 Å². The van der Waals surface area contributed by atoms with E-state index in [9.17, 15) is 19.1 Å². The van der Waals surface area contributed by atoms with E-state index in [0.29, 0.717) is 37.3 Å². The van der Waals surface area contributed by atoms with E-state index in [4.69, 9.17) is 4.74 Å².